The number of methoxy groups -OCH3 is 1. The number of allylic oxidation sites excluding steroid dienone is 4. The molecular weight excluding hydrogens is 1340 g/mol. The average Bonchev–Trinajstić information content (AvgIpc) is 1.33. The van der Waals surface area contributed by atoms with E-state index in [0.717, 1.165) is 102 Å². The average molecular weight is 1440 g/mol. The van der Waals surface area contributed by atoms with Gasteiger partial charge in [-0.3, -0.25) is 4.79 Å². The van der Waals surface area contributed by atoms with Gasteiger partial charge in [0.05, 0.1) is 41.3 Å². The van der Waals surface area contributed by atoms with Crippen LogP contribution in [0.15, 0.2) is 121 Å². The Hall–Kier alpha value is -7.13. The van der Waals surface area contributed by atoms with Crippen molar-refractivity contribution in [2.75, 3.05) is 46.0 Å². The Morgan fingerprint density at radius 1 is 0.846 bits per heavy atom. The first-order chi connectivity index (χ1) is 50.7. The molecule has 18 rings (SSSR count). The van der Waals surface area contributed by atoms with Crippen LogP contribution in [0, 0.1) is 58.7 Å². The van der Waals surface area contributed by atoms with Crippen molar-refractivity contribution in [3.8, 4) is 63.6 Å². The number of phenols is 2. The van der Waals surface area contributed by atoms with Crippen LogP contribution in [0.4, 0.5) is 0 Å². The third-order valence-corrected chi connectivity index (χ3v) is 30.2. The molecule has 17 heteroatoms. The molecule has 4 spiro atoms. The van der Waals surface area contributed by atoms with Crippen LogP contribution in [0.5, 0.6) is 28.7 Å². The SMILES string of the molecule is COCC1C(CO)CNCc2c(O)c3c(c4c2C2C#CC5=C(C=CC(N)N5)C5C6(C=CC7(O)CCCCC57c5cccc(c5)C5(CCCC5)C1C#C2)CCC1(Cc2cc(O)cc(OCO)c2-c2ccc5c(c21)OC4C5COC(C)=O)C6)C=CC1NC2CCCC(CSSC(Cc4ccccc4)C1O3)C2. The summed E-state index contributed by atoms with van der Waals surface area (Å²) in [6.45, 7) is 1.37. The first kappa shape index (κ1) is 68.7. The molecule has 104 heavy (non-hydrogen) atoms. The van der Waals surface area contributed by atoms with Gasteiger partial charge in [-0.1, -0.05) is 169 Å². The number of phenolic OH excluding ortho intramolecular Hbond substituents is 2. The summed E-state index contributed by atoms with van der Waals surface area (Å²) in [4.78, 5) is 13.8. The molecule has 5 aromatic carbocycles. The van der Waals surface area contributed by atoms with Gasteiger partial charge in [-0.25, -0.2) is 0 Å². The summed E-state index contributed by atoms with van der Waals surface area (Å²) in [5, 5.41) is 75.3. The summed E-state index contributed by atoms with van der Waals surface area (Å²) in [5.74, 6) is 15.5. The Kier molecular flexibility index (Phi) is 17.8. The molecule has 6 heterocycles. The minimum absolute atomic E-state index is 0.0260. The van der Waals surface area contributed by atoms with Crippen LogP contribution in [0.1, 0.15) is 177 Å². The van der Waals surface area contributed by atoms with Crippen LogP contribution in [0.25, 0.3) is 17.2 Å². The van der Waals surface area contributed by atoms with E-state index < -0.39 is 82.1 Å². The van der Waals surface area contributed by atoms with Crippen LogP contribution in [-0.2, 0) is 49.9 Å². The molecule has 1 saturated heterocycles. The molecule has 4 saturated carbocycles. The van der Waals surface area contributed by atoms with Crippen molar-refractivity contribution < 1.29 is 54.0 Å². The van der Waals surface area contributed by atoms with Gasteiger partial charge in [0.1, 0.15) is 42.0 Å². The van der Waals surface area contributed by atoms with Gasteiger partial charge in [0.2, 0.25) is 0 Å². The van der Waals surface area contributed by atoms with Crippen LogP contribution >= 0.6 is 21.6 Å². The van der Waals surface area contributed by atoms with E-state index in [2.05, 4.69) is 137 Å². The molecule has 542 valence electrons. The van der Waals surface area contributed by atoms with Gasteiger partial charge in [0.15, 0.2) is 18.3 Å². The first-order valence-corrected chi connectivity index (χ1v) is 40.8. The highest BCUT2D eigenvalue weighted by Gasteiger charge is 2.68. The van der Waals surface area contributed by atoms with Crippen LogP contribution in [0.3, 0.4) is 0 Å². The Labute approximate surface area is 618 Å². The van der Waals surface area contributed by atoms with Crippen molar-refractivity contribution in [3.05, 3.63) is 176 Å². The number of nitrogens with two attached hydrogens (primary N) is 1. The molecule has 13 aliphatic rings. The predicted molar refractivity (Wildman–Crippen MR) is 405 cm³/mol. The second-order valence-corrected chi connectivity index (χ2v) is 35.3. The number of hydrogen-bond donors (Lipinski definition) is 9. The summed E-state index contributed by atoms with van der Waals surface area (Å²) in [6.07, 6.45) is 25.3. The molecule has 0 amide bonds. The Morgan fingerprint density at radius 2 is 1.69 bits per heavy atom. The van der Waals surface area contributed by atoms with Gasteiger partial charge in [-0.15, -0.1) is 0 Å². The monoisotopic (exact) mass is 1440 g/mol. The van der Waals surface area contributed by atoms with Crippen LogP contribution < -0.4 is 35.9 Å². The number of aliphatic hydroxyl groups is 3. The third kappa shape index (κ3) is 11.1. The molecule has 0 radical (unpaired) electrons. The van der Waals surface area contributed by atoms with Gasteiger partial charge in [-0.2, -0.15) is 0 Å². The fourth-order valence-electron chi connectivity index (χ4n) is 22.9. The van der Waals surface area contributed by atoms with Crippen molar-refractivity contribution >= 4 is 33.6 Å². The number of ether oxygens (including phenoxy) is 5. The number of esters is 1. The lowest BCUT2D eigenvalue weighted by Crippen LogP contribution is -2.63. The number of fused-ring (bicyclic) bond motifs is 14. The number of rotatable bonds is 9. The molecular formula is C87H96N4O11S2. The minimum atomic E-state index is -1.33. The third-order valence-electron chi connectivity index (χ3n) is 27.2. The maximum Gasteiger partial charge on any atom is 0.302 e. The summed E-state index contributed by atoms with van der Waals surface area (Å²) >= 11 is 0. The molecule has 0 aromatic heterocycles. The van der Waals surface area contributed by atoms with Gasteiger partial charge >= 0.3 is 5.97 Å². The highest BCUT2D eigenvalue weighted by Crippen LogP contribution is 2.73. The van der Waals surface area contributed by atoms with Gasteiger partial charge in [0, 0.05) is 125 Å². The number of dihydropyridines is 1. The second kappa shape index (κ2) is 27.0. The first-order valence-electron chi connectivity index (χ1n) is 38.4. The molecule has 7 aliphatic carbocycles. The fourth-order valence-corrected chi connectivity index (χ4v) is 26.1. The van der Waals surface area contributed by atoms with Crippen LogP contribution in [0.2, 0.25) is 0 Å². The molecule has 17 unspecified atom stereocenters. The number of hydrogen-bond acceptors (Lipinski definition) is 17. The molecule has 5 fully saturated rings. The number of benzene rings is 5. The highest BCUT2D eigenvalue weighted by atomic mass is 33.1. The lowest BCUT2D eigenvalue weighted by atomic mass is 9.43. The molecule has 15 nitrogen and oxygen atoms in total. The number of nitrogens with one attached hydrogen (secondary N) is 3. The van der Waals surface area contributed by atoms with Crippen molar-refractivity contribution in [3.63, 3.8) is 0 Å². The summed E-state index contributed by atoms with van der Waals surface area (Å²) < 4.78 is 35.3. The molecule has 17 atom stereocenters. The van der Waals surface area contributed by atoms with E-state index in [1.54, 1.807) is 13.2 Å². The lowest BCUT2D eigenvalue weighted by Gasteiger charge is -2.62. The number of carbonyl (C=O) groups excluding carboxylic acids is 1. The Bertz CT molecular complexity index is 4530. The van der Waals surface area contributed by atoms with E-state index >= 15 is 0 Å². The Morgan fingerprint density at radius 3 is 2.53 bits per heavy atom. The largest absolute Gasteiger partial charge is 0.508 e. The smallest absolute Gasteiger partial charge is 0.302 e. The van der Waals surface area contributed by atoms with Crippen LogP contribution in [-0.4, -0.2) is 113 Å². The molecule has 6 aliphatic heterocycles. The summed E-state index contributed by atoms with van der Waals surface area (Å²) in [7, 11) is 5.58. The topological polar surface area (TPSA) is 226 Å². The van der Waals surface area contributed by atoms with E-state index in [1.165, 1.54) is 24.5 Å². The standard InChI is InChI=1S/C87H96N4O11S2/c1-50(94)99-46-66-60-20-21-62-73-54(38-59(95)40-70(73)100-49-93)41-84-33-32-83(48-84)34-35-86(97)30-8-9-31-87(86)57-16-11-15-56(39-57)85(28-6-7-29-85)67-24-18-53(19-25-68-61(82(83)87)23-27-72(88)91-68)74-64(43-89-42-55(44-92)65(67)45-98-2)77(96)80-63(75(74)78(66)101-79(60)76(62)84)22-26-69-81(102-80)71(37-51-12-4-3-5-13-51)104-103-47-52-14-10-17-58(36-52)90-69/h3-5,11-13,15-16,20-23,26-27,34-35,38-40,52-53,55,58,65-67,69,71-72,78,81-82,89-93,95-97H,6-10,14,17,28-33,36-37,41-49,88H2,1-2H3. The quantitative estimate of drug-likeness (QED) is 0.0220. The lowest BCUT2D eigenvalue weighted by molar-refractivity contribution is -0.141. The number of carbonyl (C=O) groups is 1. The number of aromatic hydroxyl groups is 2. The van der Waals surface area contributed by atoms with E-state index in [0.29, 0.717) is 109 Å². The fraction of sp³-hybridized carbons (Fsp3) is 0.506. The number of aliphatic hydroxyl groups excluding tert-OH is 2. The van der Waals surface area contributed by atoms with E-state index in [1.807, 2.05) is 33.7 Å². The van der Waals surface area contributed by atoms with Gasteiger partial charge in [0.25, 0.3) is 0 Å². The highest BCUT2D eigenvalue weighted by molar-refractivity contribution is 8.77. The van der Waals surface area contributed by atoms with Crippen molar-refractivity contribution in [1.29, 1.82) is 0 Å². The zero-order chi connectivity index (χ0) is 70.9. The zero-order valence-corrected chi connectivity index (χ0v) is 61.2. The second-order valence-electron chi connectivity index (χ2n) is 32.7. The van der Waals surface area contributed by atoms with E-state index in [-0.39, 0.29) is 60.4 Å². The van der Waals surface area contributed by atoms with Crippen molar-refractivity contribution in [2.24, 2.45) is 40.7 Å². The Balaban J connectivity index is 0.995. The van der Waals surface area contributed by atoms with Gasteiger partial charge < -0.3 is 70.9 Å². The summed E-state index contributed by atoms with van der Waals surface area (Å²) in [6, 6.07) is 27.6. The normalized spacial score (nSPS) is 34.7. The van der Waals surface area contributed by atoms with Gasteiger partial charge in [-0.05, 0) is 145 Å². The minimum Gasteiger partial charge on any atom is -0.508 e. The van der Waals surface area contributed by atoms with Crippen molar-refractivity contribution in [2.45, 2.75) is 192 Å². The van der Waals surface area contributed by atoms with Crippen molar-refractivity contribution in [1.82, 2.24) is 16.0 Å². The maximum atomic E-state index is 14.5. The predicted octanol–water partition coefficient (Wildman–Crippen LogP) is 12.8. The molecule has 10 N–H and O–H groups in total. The van der Waals surface area contributed by atoms with E-state index in [9.17, 15) is 30.3 Å². The molecule has 5 aromatic rings. The van der Waals surface area contributed by atoms with E-state index in [4.69, 9.17) is 29.4 Å². The summed E-state index contributed by atoms with van der Waals surface area (Å²) in [5.41, 5.74) is 14.8. The molecule has 11 bridgehead atoms. The maximum absolute atomic E-state index is 14.5. The zero-order valence-electron chi connectivity index (χ0n) is 59.5.